The number of amides is 1. The number of hydrogen-bond donors (Lipinski definition) is 0. The number of halogens is 3. The first-order chi connectivity index (χ1) is 10.6. The van der Waals surface area contributed by atoms with Crippen molar-refractivity contribution in [1.82, 2.24) is 4.90 Å². The van der Waals surface area contributed by atoms with Crippen LogP contribution in [0.4, 0.5) is 0 Å². The van der Waals surface area contributed by atoms with Crippen molar-refractivity contribution in [2.75, 3.05) is 12.3 Å². The highest BCUT2D eigenvalue weighted by atomic mass is 79.9. The zero-order valence-corrected chi connectivity index (χ0v) is 15.3. The molecule has 0 radical (unpaired) electrons. The summed E-state index contributed by atoms with van der Waals surface area (Å²) in [5, 5.41) is 1.13. The van der Waals surface area contributed by atoms with Crippen LogP contribution in [0.25, 0.3) is 0 Å². The number of nitrogens with zero attached hydrogens (tertiary/aromatic N) is 1. The summed E-state index contributed by atoms with van der Waals surface area (Å²) in [7, 11) is 0. The van der Waals surface area contributed by atoms with Gasteiger partial charge in [-0.05, 0) is 36.4 Å². The quantitative estimate of drug-likeness (QED) is 0.630. The van der Waals surface area contributed by atoms with Gasteiger partial charge >= 0.3 is 0 Å². The largest absolute Gasteiger partial charge is 0.322 e. The lowest BCUT2D eigenvalue weighted by atomic mass is 10.1. The molecule has 0 spiro atoms. The van der Waals surface area contributed by atoms with Crippen molar-refractivity contribution >= 4 is 56.8 Å². The third kappa shape index (κ3) is 3.30. The Morgan fingerprint density at radius 3 is 2.59 bits per heavy atom. The topological polar surface area (TPSA) is 20.3 Å². The minimum Gasteiger partial charge on any atom is -0.322 e. The van der Waals surface area contributed by atoms with Crippen molar-refractivity contribution in [1.29, 1.82) is 0 Å². The summed E-state index contributed by atoms with van der Waals surface area (Å²) in [6.07, 6.45) is 0. The van der Waals surface area contributed by atoms with E-state index in [9.17, 15) is 4.79 Å². The molecule has 0 aromatic heterocycles. The Morgan fingerprint density at radius 2 is 1.91 bits per heavy atom. The minimum atomic E-state index is -0.0686. The summed E-state index contributed by atoms with van der Waals surface area (Å²) in [6, 6.07) is 12.8. The van der Waals surface area contributed by atoms with Gasteiger partial charge in [0.1, 0.15) is 5.37 Å². The Morgan fingerprint density at radius 1 is 1.18 bits per heavy atom. The fourth-order valence-electron chi connectivity index (χ4n) is 2.40. The number of hydrogen-bond acceptors (Lipinski definition) is 2. The zero-order valence-electron chi connectivity index (χ0n) is 11.4. The van der Waals surface area contributed by atoms with Crippen LogP contribution in [0.5, 0.6) is 0 Å². The number of carbonyl (C=O) groups excluding carboxylic acids is 1. The van der Waals surface area contributed by atoms with Crippen LogP contribution in [-0.2, 0) is 0 Å². The molecule has 1 fully saturated rings. The highest BCUT2D eigenvalue weighted by molar-refractivity contribution is 9.10. The van der Waals surface area contributed by atoms with Gasteiger partial charge < -0.3 is 4.90 Å². The van der Waals surface area contributed by atoms with Gasteiger partial charge in [0.05, 0.1) is 0 Å². The Balaban J connectivity index is 1.89. The Hall–Kier alpha value is -0.680. The molecule has 1 amide bonds. The molecule has 0 bridgehead atoms. The third-order valence-corrected chi connectivity index (χ3v) is 5.81. The van der Waals surface area contributed by atoms with Crippen LogP contribution in [0.15, 0.2) is 46.9 Å². The molecule has 114 valence electrons. The van der Waals surface area contributed by atoms with E-state index < -0.39 is 0 Å². The van der Waals surface area contributed by atoms with Crippen LogP contribution >= 0.6 is 50.9 Å². The van der Waals surface area contributed by atoms with Crippen LogP contribution in [0.3, 0.4) is 0 Å². The standard InChI is InChI=1S/C16H12BrCl2NOS/c17-11-3-1-10(2-4-11)15(21)20-7-8-22-16(20)13-6-5-12(18)9-14(13)19/h1-6,9,16H,7-8H2. The normalized spacial score (nSPS) is 17.8. The first-order valence-corrected chi connectivity index (χ1v) is 9.29. The number of benzene rings is 2. The van der Waals surface area contributed by atoms with Gasteiger partial charge in [-0.2, -0.15) is 0 Å². The molecule has 0 aliphatic carbocycles. The summed E-state index contributed by atoms with van der Waals surface area (Å²) < 4.78 is 0.956. The molecule has 1 saturated heterocycles. The molecule has 2 aromatic rings. The van der Waals surface area contributed by atoms with Gasteiger partial charge in [0.2, 0.25) is 0 Å². The van der Waals surface area contributed by atoms with Gasteiger partial charge in [-0.15, -0.1) is 11.8 Å². The first-order valence-electron chi connectivity index (χ1n) is 6.69. The molecule has 1 aliphatic heterocycles. The SMILES string of the molecule is O=C(c1ccc(Br)cc1)N1CCSC1c1ccc(Cl)cc1Cl. The van der Waals surface area contributed by atoms with E-state index in [0.29, 0.717) is 22.2 Å². The second kappa shape index (κ2) is 6.83. The predicted molar refractivity (Wildman–Crippen MR) is 96.8 cm³/mol. The van der Waals surface area contributed by atoms with E-state index in [-0.39, 0.29) is 11.3 Å². The molecule has 0 saturated carbocycles. The lowest BCUT2D eigenvalue weighted by Gasteiger charge is -2.25. The van der Waals surface area contributed by atoms with Crippen LogP contribution in [0, 0.1) is 0 Å². The number of thioether (sulfide) groups is 1. The molecule has 2 nitrogen and oxygen atoms in total. The second-order valence-electron chi connectivity index (χ2n) is 4.89. The Bertz CT molecular complexity index is 708. The Labute approximate surface area is 151 Å². The minimum absolute atomic E-state index is 0.0218. The van der Waals surface area contributed by atoms with Crippen molar-refractivity contribution in [2.24, 2.45) is 0 Å². The molecule has 0 N–H and O–H groups in total. The van der Waals surface area contributed by atoms with Gasteiger partial charge in [-0.3, -0.25) is 4.79 Å². The summed E-state index contributed by atoms with van der Waals surface area (Å²) in [5.41, 5.74) is 1.61. The molecule has 3 rings (SSSR count). The average Bonchev–Trinajstić information content (AvgIpc) is 2.96. The summed E-state index contributed by atoms with van der Waals surface area (Å²) >= 11 is 17.4. The molecule has 1 aliphatic rings. The zero-order chi connectivity index (χ0) is 15.7. The number of rotatable bonds is 2. The smallest absolute Gasteiger partial charge is 0.255 e. The van der Waals surface area contributed by atoms with Gasteiger partial charge in [-0.1, -0.05) is 45.2 Å². The van der Waals surface area contributed by atoms with E-state index in [0.717, 1.165) is 15.8 Å². The molecule has 1 unspecified atom stereocenters. The fourth-order valence-corrected chi connectivity index (χ4v) is 4.53. The van der Waals surface area contributed by atoms with Gasteiger partial charge in [0, 0.05) is 37.9 Å². The van der Waals surface area contributed by atoms with Crippen LogP contribution in [0.2, 0.25) is 10.0 Å². The average molecular weight is 417 g/mol. The van der Waals surface area contributed by atoms with Crippen LogP contribution in [0.1, 0.15) is 21.3 Å². The first kappa shape index (κ1) is 16.2. The molecule has 1 heterocycles. The van der Waals surface area contributed by atoms with E-state index in [1.165, 1.54) is 0 Å². The lowest BCUT2D eigenvalue weighted by molar-refractivity contribution is 0.0760. The molecular formula is C16H12BrCl2NOS. The molecule has 2 aromatic carbocycles. The van der Waals surface area contributed by atoms with Crippen molar-refractivity contribution in [3.63, 3.8) is 0 Å². The van der Waals surface area contributed by atoms with E-state index in [2.05, 4.69) is 15.9 Å². The molecule has 1 atom stereocenters. The molecular weight excluding hydrogens is 405 g/mol. The lowest BCUT2D eigenvalue weighted by Crippen LogP contribution is -2.30. The maximum atomic E-state index is 12.7. The van der Waals surface area contributed by atoms with Crippen molar-refractivity contribution in [3.05, 3.63) is 68.1 Å². The van der Waals surface area contributed by atoms with Gasteiger partial charge in [0.25, 0.3) is 5.91 Å². The van der Waals surface area contributed by atoms with E-state index in [1.54, 1.807) is 17.8 Å². The van der Waals surface area contributed by atoms with Gasteiger partial charge in [-0.25, -0.2) is 0 Å². The second-order valence-corrected chi connectivity index (χ2v) is 7.84. The third-order valence-electron chi connectivity index (χ3n) is 3.47. The predicted octanol–water partition coefficient (Wildman–Crippen LogP) is 5.64. The summed E-state index contributed by atoms with van der Waals surface area (Å²) in [4.78, 5) is 14.6. The van der Waals surface area contributed by atoms with Crippen molar-refractivity contribution < 1.29 is 4.79 Å². The molecule has 22 heavy (non-hydrogen) atoms. The summed E-state index contributed by atoms with van der Waals surface area (Å²) in [6.45, 7) is 0.711. The van der Waals surface area contributed by atoms with Crippen molar-refractivity contribution in [3.8, 4) is 0 Å². The van der Waals surface area contributed by atoms with E-state index in [1.807, 2.05) is 41.3 Å². The number of carbonyl (C=O) groups is 1. The molecule has 6 heteroatoms. The van der Waals surface area contributed by atoms with Crippen molar-refractivity contribution in [2.45, 2.75) is 5.37 Å². The van der Waals surface area contributed by atoms with E-state index in [4.69, 9.17) is 23.2 Å². The monoisotopic (exact) mass is 415 g/mol. The van der Waals surface area contributed by atoms with Gasteiger partial charge in [0.15, 0.2) is 0 Å². The van der Waals surface area contributed by atoms with E-state index >= 15 is 0 Å². The van der Waals surface area contributed by atoms with Crippen LogP contribution in [-0.4, -0.2) is 23.1 Å². The fraction of sp³-hybridized carbons (Fsp3) is 0.188. The Kier molecular flexibility index (Phi) is 5.03. The highest BCUT2D eigenvalue weighted by Crippen LogP contribution is 2.42. The highest BCUT2D eigenvalue weighted by Gasteiger charge is 2.32. The van der Waals surface area contributed by atoms with Crippen LogP contribution < -0.4 is 0 Å². The maximum Gasteiger partial charge on any atom is 0.255 e. The maximum absolute atomic E-state index is 12.7. The summed E-state index contributed by atoms with van der Waals surface area (Å²) in [5.74, 6) is 0.917.